The van der Waals surface area contributed by atoms with Crippen LogP contribution in [-0.2, 0) is 9.59 Å². The Morgan fingerprint density at radius 2 is 2.17 bits per heavy atom. The van der Waals surface area contributed by atoms with Gasteiger partial charge in [-0.2, -0.15) is 18.4 Å². The van der Waals surface area contributed by atoms with Crippen molar-refractivity contribution in [3.05, 3.63) is 30.2 Å². The van der Waals surface area contributed by atoms with Crippen molar-refractivity contribution >= 4 is 17.8 Å². The van der Waals surface area contributed by atoms with Crippen LogP contribution < -0.4 is 0 Å². The van der Waals surface area contributed by atoms with Crippen molar-refractivity contribution in [3.63, 3.8) is 0 Å². The molecule has 1 atom stereocenters. The molecule has 0 saturated heterocycles. The number of ketones is 1. The SMILES string of the molecule is N#C[C@@H](C(=O)/C=C\c1ccco1)C(=O)N(CC(F)(F)F)C1CC1. The summed E-state index contributed by atoms with van der Waals surface area (Å²) in [5.74, 6) is -3.44. The number of furan rings is 1. The maximum atomic E-state index is 12.6. The molecule has 5 nitrogen and oxygen atoms in total. The summed E-state index contributed by atoms with van der Waals surface area (Å²) in [6.45, 7) is -1.45. The Morgan fingerprint density at radius 1 is 1.48 bits per heavy atom. The number of carbonyl (C=O) groups excluding carboxylic acids is 2. The van der Waals surface area contributed by atoms with Crippen LogP contribution in [-0.4, -0.2) is 35.4 Å². The number of hydrogen-bond acceptors (Lipinski definition) is 4. The topological polar surface area (TPSA) is 74.3 Å². The van der Waals surface area contributed by atoms with Crippen molar-refractivity contribution in [3.8, 4) is 6.07 Å². The summed E-state index contributed by atoms with van der Waals surface area (Å²) in [5.41, 5.74) is 0. The van der Waals surface area contributed by atoms with Gasteiger partial charge in [0.05, 0.1) is 12.3 Å². The minimum absolute atomic E-state index is 0.330. The number of nitrogens with zero attached hydrogens (tertiary/aromatic N) is 2. The van der Waals surface area contributed by atoms with E-state index in [1.807, 2.05) is 0 Å². The fraction of sp³-hybridized carbons (Fsp3) is 0.400. The van der Waals surface area contributed by atoms with Crippen LogP contribution in [0.1, 0.15) is 18.6 Å². The number of hydrogen-bond donors (Lipinski definition) is 0. The highest BCUT2D eigenvalue weighted by molar-refractivity contribution is 6.10. The second-order valence-electron chi connectivity index (χ2n) is 5.13. The standard InChI is InChI=1S/C15H13F3N2O3/c16-15(17,18)9-20(10-3-4-10)14(22)12(8-19)13(21)6-5-11-2-1-7-23-11/h1-2,5-7,10,12H,3-4,9H2/b6-5-/t12-/m0/s1. The highest BCUT2D eigenvalue weighted by Gasteiger charge is 2.43. The average Bonchev–Trinajstić information content (AvgIpc) is 3.18. The Hall–Kier alpha value is -2.56. The molecular weight excluding hydrogens is 313 g/mol. The lowest BCUT2D eigenvalue weighted by molar-refractivity contribution is -0.164. The Balaban J connectivity index is 2.10. The lowest BCUT2D eigenvalue weighted by Crippen LogP contribution is -2.45. The molecule has 1 aliphatic carbocycles. The summed E-state index contributed by atoms with van der Waals surface area (Å²) in [6, 6.07) is 4.06. The summed E-state index contributed by atoms with van der Waals surface area (Å²) < 4.78 is 42.7. The van der Waals surface area contributed by atoms with Gasteiger partial charge in [-0.25, -0.2) is 0 Å². The summed E-state index contributed by atoms with van der Waals surface area (Å²) in [4.78, 5) is 24.7. The van der Waals surface area contributed by atoms with Gasteiger partial charge in [0.1, 0.15) is 12.3 Å². The number of rotatable bonds is 6. The quantitative estimate of drug-likeness (QED) is 0.595. The molecule has 0 aromatic carbocycles. The first-order valence-corrected chi connectivity index (χ1v) is 6.84. The van der Waals surface area contributed by atoms with Gasteiger partial charge < -0.3 is 9.32 Å². The zero-order valence-corrected chi connectivity index (χ0v) is 11.9. The van der Waals surface area contributed by atoms with Crippen molar-refractivity contribution in [2.24, 2.45) is 5.92 Å². The van der Waals surface area contributed by atoms with Crippen LogP contribution in [0.5, 0.6) is 0 Å². The van der Waals surface area contributed by atoms with Crippen LogP contribution in [0.3, 0.4) is 0 Å². The van der Waals surface area contributed by atoms with E-state index in [1.165, 1.54) is 18.4 Å². The van der Waals surface area contributed by atoms with E-state index in [-0.39, 0.29) is 0 Å². The first-order valence-electron chi connectivity index (χ1n) is 6.84. The molecule has 0 spiro atoms. The van der Waals surface area contributed by atoms with Crippen LogP contribution >= 0.6 is 0 Å². The number of alkyl halides is 3. The van der Waals surface area contributed by atoms with E-state index in [4.69, 9.17) is 9.68 Å². The van der Waals surface area contributed by atoms with Crippen LogP contribution in [0.2, 0.25) is 0 Å². The molecule has 1 fully saturated rings. The minimum Gasteiger partial charge on any atom is -0.465 e. The third-order valence-corrected chi connectivity index (χ3v) is 3.24. The monoisotopic (exact) mass is 326 g/mol. The molecule has 0 N–H and O–H groups in total. The molecule has 0 radical (unpaired) electrons. The molecular formula is C15H13F3N2O3. The lowest BCUT2D eigenvalue weighted by atomic mass is 10.0. The molecule has 1 saturated carbocycles. The van der Waals surface area contributed by atoms with E-state index in [0.717, 1.165) is 6.08 Å². The van der Waals surface area contributed by atoms with Crippen molar-refractivity contribution in [2.45, 2.75) is 25.1 Å². The van der Waals surface area contributed by atoms with Crippen molar-refractivity contribution in [2.75, 3.05) is 6.54 Å². The van der Waals surface area contributed by atoms with Crippen LogP contribution in [0.4, 0.5) is 13.2 Å². The smallest absolute Gasteiger partial charge is 0.406 e. The maximum absolute atomic E-state index is 12.6. The second kappa shape index (κ2) is 6.69. The van der Waals surface area contributed by atoms with Gasteiger partial charge in [-0.05, 0) is 37.1 Å². The lowest BCUT2D eigenvalue weighted by Gasteiger charge is -2.25. The van der Waals surface area contributed by atoms with Gasteiger partial charge in [0.2, 0.25) is 5.91 Å². The van der Waals surface area contributed by atoms with Gasteiger partial charge in [-0.15, -0.1) is 0 Å². The Bertz CT molecular complexity index is 640. The normalized spacial score (nSPS) is 16.1. The van der Waals surface area contributed by atoms with Crippen molar-refractivity contribution in [1.82, 2.24) is 4.90 Å². The number of allylic oxidation sites excluding steroid dienone is 1. The van der Waals surface area contributed by atoms with E-state index < -0.39 is 36.4 Å². The van der Waals surface area contributed by atoms with E-state index >= 15 is 0 Å². The van der Waals surface area contributed by atoms with E-state index in [9.17, 15) is 22.8 Å². The van der Waals surface area contributed by atoms with Gasteiger partial charge in [-0.1, -0.05) is 0 Å². The predicted octanol–water partition coefficient (Wildman–Crippen LogP) is 2.55. The third kappa shape index (κ3) is 4.71. The van der Waals surface area contributed by atoms with Crippen molar-refractivity contribution in [1.29, 1.82) is 5.26 Å². The Kier molecular flexibility index (Phi) is 4.89. The van der Waals surface area contributed by atoms with Gasteiger partial charge in [0, 0.05) is 6.04 Å². The highest BCUT2D eigenvalue weighted by Crippen LogP contribution is 2.31. The molecule has 8 heteroatoms. The molecule has 23 heavy (non-hydrogen) atoms. The van der Waals surface area contributed by atoms with Crippen molar-refractivity contribution < 1.29 is 27.2 Å². The zero-order chi connectivity index (χ0) is 17.0. The minimum atomic E-state index is -4.58. The van der Waals surface area contributed by atoms with Gasteiger partial charge in [0.25, 0.3) is 0 Å². The summed E-state index contributed by atoms with van der Waals surface area (Å²) in [7, 11) is 0. The number of halogens is 3. The fourth-order valence-electron chi connectivity index (χ4n) is 2.02. The summed E-state index contributed by atoms with van der Waals surface area (Å²) >= 11 is 0. The molecule has 1 aromatic rings. The first-order chi connectivity index (χ1) is 10.8. The molecule has 0 bridgehead atoms. The molecule has 1 amide bonds. The zero-order valence-electron chi connectivity index (χ0n) is 11.9. The molecule has 1 aliphatic rings. The van der Waals surface area contributed by atoms with E-state index in [0.29, 0.717) is 23.5 Å². The predicted molar refractivity (Wildman–Crippen MR) is 72.6 cm³/mol. The van der Waals surface area contributed by atoms with Crippen LogP contribution in [0, 0.1) is 17.2 Å². The molecule has 122 valence electrons. The maximum Gasteiger partial charge on any atom is 0.406 e. The van der Waals surface area contributed by atoms with Crippen LogP contribution in [0.15, 0.2) is 28.9 Å². The number of amides is 1. The van der Waals surface area contributed by atoms with Gasteiger partial charge in [0.15, 0.2) is 11.7 Å². The van der Waals surface area contributed by atoms with E-state index in [2.05, 4.69) is 0 Å². The molecule has 0 unspecified atom stereocenters. The summed E-state index contributed by atoms with van der Waals surface area (Å²) in [6.07, 6.45) is -0.109. The second-order valence-corrected chi connectivity index (χ2v) is 5.13. The largest absolute Gasteiger partial charge is 0.465 e. The van der Waals surface area contributed by atoms with Crippen LogP contribution in [0.25, 0.3) is 6.08 Å². The van der Waals surface area contributed by atoms with Gasteiger partial charge >= 0.3 is 6.18 Å². The average molecular weight is 326 g/mol. The Morgan fingerprint density at radius 3 is 2.65 bits per heavy atom. The number of carbonyl (C=O) groups is 2. The van der Waals surface area contributed by atoms with Gasteiger partial charge in [-0.3, -0.25) is 9.59 Å². The first kappa shape index (κ1) is 16.8. The number of nitriles is 1. The highest BCUT2D eigenvalue weighted by atomic mass is 19.4. The third-order valence-electron chi connectivity index (χ3n) is 3.24. The molecule has 0 aliphatic heterocycles. The molecule has 1 aromatic heterocycles. The fourth-order valence-corrected chi connectivity index (χ4v) is 2.02. The summed E-state index contributed by atoms with van der Waals surface area (Å²) in [5, 5.41) is 9.02. The Labute approximate surface area is 130 Å². The van der Waals surface area contributed by atoms with E-state index in [1.54, 1.807) is 12.1 Å². The molecule has 2 rings (SSSR count). The molecule has 1 heterocycles.